The monoisotopic (exact) mass is 293 g/mol. The molecule has 1 atom stereocenters. The number of hydrogen-bond acceptors (Lipinski definition) is 2. The summed E-state index contributed by atoms with van der Waals surface area (Å²) in [6.45, 7) is 4.11. The Bertz CT molecular complexity index is 454. The Morgan fingerprint density at radius 3 is 2.80 bits per heavy atom. The Labute approximate surface area is 126 Å². The molecule has 0 saturated heterocycles. The van der Waals surface area contributed by atoms with Crippen LogP contribution in [0.5, 0.6) is 5.75 Å². The third-order valence-electron chi connectivity index (χ3n) is 5.01. The molecule has 1 aliphatic heterocycles. The average molecular weight is 294 g/mol. The molecule has 1 heterocycles. The normalized spacial score (nSPS) is 32.7. The molecule has 1 aliphatic carbocycles. The fourth-order valence-corrected chi connectivity index (χ4v) is 3.77. The van der Waals surface area contributed by atoms with Crippen LogP contribution in [0.3, 0.4) is 0 Å². The number of fused-ring (bicyclic) bond motifs is 1. The predicted molar refractivity (Wildman–Crippen MR) is 83.8 cm³/mol. The molecule has 20 heavy (non-hydrogen) atoms. The maximum atomic E-state index is 6.28. The van der Waals surface area contributed by atoms with E-state index < -0.39 is 0 Å². The molecule has 1 aromatic rings. The van der Waals surface area contributed by atoms with Crippen LogP contribution in [-0.2, 0) is 0 Å². The van der Waals surface area contributed by atoms with Gasteiger partial charge in [0.2, 0.25) is 0 Å². The molecule has 2 nitrogen and oxygen atoms in total. The minimum absolute atomic E-state index is 0.144. The fourth-order valence-electron chi connectivity index (χ4n) is 3.41. The Morgan fingerprint density at radius 1 is 1.30 bits per heavy atom. The second-order valence-corrected chi connectivity index (χ2v) is 6.79. The molecule has 1 fully saturated rings. The van der Waals surface area contributed by atoms with Crippen molar-refractivity contribution >= 4 is 11.6 Å². The number of hydrogen-bond donors (Lipinski definition) is 1. The van der Waals surface area contributed by atoms with Crippen LogP contribution >= 0.6 is 11.6 Å². The van der Waals surface area contributed by atoms with Crippen LogP contribution in [0.25, 0.3) is 0 Å². The Hall–Kier alpha value is -0.730. The van der Waals surface area contributed by atoms with Crippen LogP contribution in [0.15, 0.2) is 24.3 Å². The van der Waals surface area contributed by atoms with Crippen LogP contribution in [0.1, 0.15) is 44.1 Å². The van der Waals surface area contributed by atoms with Crippen molar-refractivity contribution in [2.75, 3.05) is 19.0 Å². The molecule has 2 aliphatic rings. The molecule has 1 saturated carbocycles. The van der Waals surface area contributed by atoms with Gasteiger partial charge in [0, 0.05) is 29.4 Å². The minimum atomic E-state index is 0.144. The summed E-state index contributed by atoms with van der Waals surface area (Å²) in [4.78, 5) is 0. The first-order chi connectivity index (χ1) is 9.72. The highest BCUT2D eigenvalue weighted by Crippen LogP contribution is 2.36. The van der Waals surface area contributed by atoms with Crippen LogP contribution in [0.4, 0.5) is 0 Å². The maximum absolute atomic E-state index is 6.28. The molecular formula is C17H24ClNO. The summed E-state index contributed by atoms with van der Waals surface area (Å²) in [7, 11) is 0. The number of alkyl halides is 1. The minimum Gasteiger partial charge on any atom is -0.493 e. The van der Waals surface area contributed by atoms with Crippen molar-refractivity contribution in [1.29, 1.82) is 0 Å². The molecule has 3 rings (SSSR count). The van der Waals surface area contributed by atoms with Gasteiger partial charge in [-0.15, -0.1) is 11.6 Å². The summed E-state index contributed by atoms with van der Waals surface area (Å²) >= 11 is 6.28. The number of rotatable bonds is 4. The van der Waals surface area contributed by atoms with Gasteiger partial charge in [-0.25, -0.2) is 0 Å². The summed E-state index contributed by atoms with van der Waals surface area (Å²) in [6, 6.07) is 8.39. The summed E-state index contributed by atoms with van der Waals surface area (Å²) in [5.74, 6) is 3.08. The van der Waals surface area contributed by atoms with Gasteiger partial charge in [0.15, 0.2) is 0 Å². The van der Waals surface area contributed by atoms with Crippen molar-refractivity contribution in [3.8, 4) is 5.75 Å². The molecule has 1 N–H and O–H groups in total. The van der Waals surface area contributed by atoms with Crippen LogP contribution in [0.2, 0.25) is 0 Å². The molecule has 3 heteroatoms. The van der Waals surface area contributed by atoms with Crippen molar-refractivity contribution in [2.45, 2.75) is 44.1 Å². The number of nitrogens with one attached hydrogen (secondary N) is 1. The molecule has 0 radical (unpaired) electrons. The van der Waals surface area contributed by atoms with Crippen LogP contribution < -0.4 is 10.1 Å². The summed E-state index contributed by atoms with van der Waals surface area (Å²) in [5, 5.41) is 3.78. The highest BCUT2D eigenvalue weighted by atomic mass is 35.5. The van der Waals surface area contributed by atoms with Gasteiger partial charge in [0.25, 0.3) is 0 Å². The number of ether oxygens (including phenoxy) is 1. The lowest BCUT2D eigenvalue weighted by molar-refractivity contribution is 0.210. The lowest BCUT2D eigenvalue weighted by atomic mass is 9.78. The van der Waals surface area contributed by atoms with E-state index in [1.165, 1.54) is 31.2 Å². The first kappa shape index (κ1) is 14.2. The number of para-hydroxylation sites is 1. The van der Waals surface area contributed by atoms with Crippen molar-refractivity contribution in [3.63, 3.8) is 0 Å². The first-order valence-corrected chi connectivity index (χ1v) is 8.29. The van der Waals surface area contributed by atoms with E-state index in [2.05, 4.69) is 30.4 Å². The van der Waals surface area contributed by atoms with E-state index in [1.807, 2.05) is 6.07 Å². The summed E-state index contributed by atoms with van der Waals surface area (Å²) < 4.78 is 5.76. The largest absolute Gasteiger partial charge is 0.493 e. The molecule has 0 amide bonds. The van der Waals surface area contributed by atoms with E-state index in [-0.39, 0.29) is 5.54 Å². The molecular weight excluding hydrogens is 270 g/mol. The van der Waals surface area contributed by atoms with Gasteiger partial charge in [-0.1, -0.05) is 25.1 Å². The van der Waals surface area contributed by atoms with Gasteiger partial charge in [-0.3, -0.25) is 0 Å². The fraction of sp³-hybridized carbons (Fsp3) is 0.647. The maximum Gasteiger partial charge on any atom is 0.122 e. The van der Waals surface area contributed by atoms with Gasteiger partial charge in [-0.05, 0) is 37.7 Å². The van der Waals surface area contributed by atoms with E-state index in [9.17, 15) is 0 Å². The quantitative estimate of drug-likeness (QED) is 0.849. The number of halogens is 1. The van der Waals surface area contributed by atoms with Gasteiger partial charge in [0.1, 0.15) is 5.75 Å². The Kier molecular flexibility index (Phi) is 4.23. The topological polar surface area (TPSA) is 21.3 Å². The Balaban J connectivity index is 1.62. The standard InChI is InChI=1S/C17H24ClNO/c1-13-6-8-17(12-18,9-7-13)19-10-14-11-20-16-5-3-2-4-15(14)16/h2-5,13-14,19H,6-12H2,1H3. The third-order valence-corrected chi connectivity index (χ3v) is 5.52. The van der Waals surface area contributed by atoms with E-state index in [0.717, 1.165) is 30.7 Å². The number of benzene rings is 1. The van der Waals surface area contributed by atoms with Gasteiger partial charge in [-0.2, -0.15) is 0 Å². The molecule has 0 spiro atoms. The van der Waals surface area contributed by atoms with Crippen LogP contribution in [-0.4, -0.2) is 24.6 Å². The summed E-state index contributed by atoms with van der Waals surface area (Å²) in [5.41, 5.74) is 1.49. The van der Waals surface area contributed by atoms with E-state index in [1.54, 1.807) is 0 Å². The first-order valence-electron chi connectivity index (χ1n) is 7.75. The van der Waals surface area contributed by atoms with Gasteiger partial charge >= 0.3 is 0 Å². The SMILES string of the molecule is CC1CCC(CCl)(NCC2COc3ccccc32)CC1. The van der Waals surface area contributed by atoms with Crippen molar-refractivity contribution in [1.82, 2.24) is 5.32 Å². The van der Waals surface area contributed by atoms with Gasteiger partial charge < -0.3 is 10.1 Å². The molecule has 110 valence electrons. The zero-order chi connectivity index (χ0) is 14.0. The predicted octanol–water partition coefficient (Wildman–Crippen LogP) is 3.94. The molecule has 0 aromatic heterocycles. The van der Waals surface area contributed by atoms with Gasteiger partial charge in [0.05, 0.1) is 6.61 Å². The van der Waals surface area contributed by atoms with Crippen molar-refractivity contribution in [2.24, 2.45) is 5.92 Å². The van der Waals surface area contributed by atoms with E-state index in [0.29, 0.717) is 5.92 Å². The van der Waals surface area contributed by atoms with Crippen LogP contribution in [0, 0.1) is 5.92 Å². The highest BCUT2D eigenvalue weighted by molar-refractivity contribution is 6.18. The Morgan fingerprint density at radius 2 is 2.05 bits per heavy atom. The second-order valence-electron chi connectivity index (χ2n) is 6.52. The summed E-state index contributed by atoms with van der Waals surface area (Å²) in [6.07, 6.45) is 4.98. The van der Waals surface area contributed by atoms with E-state index >= 15 is 0 Å². The van der Waals surface area contributed by atoms with Crippen molar-refractivity contribution in [3.05, 3.63) is 29.8 Å². The van der Waals surface area contributed by atoms with E-state index in [4.69, 9.17) is 16.3 Å². The molecule has 1 aromatic carbocycles. The lowest BCUT2D eigenvalue weighted by Crippen LogP contribution is -2.50. The zero-order valence-electron chi connectivity index (χ0n) is 12.2. The van der Waals surface area contributed by atoms with Crippen molar-refractivity contribution < 1.29 is 4.74 Å². The third kappa shape index (κ3) is 2.82. The zero-order valence-corrected chi connectivity index (χ0v) is 13.0. The smallest absolute Gasteiger partial charge is 0.122 e. The molecule has 0 bridgehead atoms. The highest BCUT2D eigenvalue weighted by Gasteiger charge is 2.34. The second kappa shape index (κ2) is 5.95. The molecule has 1 unspecified atom stereocenters. The lowest BCUT2D eigenvalue weighted by Gasteiger charge is -2.39. The average Bonchev–Trinajstić information content (AvgIpc) is 2.91.